The first-order chi connectivity index (χ1) is 17.2. The van der Waals surface area contributed by atoms with Crippen molar-refractivity contribution in [2.45, 2.75) is 38.2 Å². The minimum absolute atomic E-state index is 0.0653. The third-order valence-corrected chi connectivity index (χ3v) is 6.91. The SMILES string of the molecule is O=C(NC[C@H]1CCCO1)c1cnc(-c2ccc(F)cc2)nc1N1CCC(Cc2ccccc2)CC1. The van der Waals surface area contributed by atoms with Gasteiger partial charge in [0.25, 0.3) is 5.91 Å². The summed E-state index contributed by atoms with van der Waals surface area (Å²) in [5, 5.41) is 3.01. The third-order valence-electron chi connectivity index (χ3n) is 6.91. The second-order valence-corrected chi connectivity index (χ2v) is 9.40. The number of nitrogens with zero attached hydrogens (tertiary/aromatic N) is 3. The minimum atomic E-state index is -0.306. The summed E-state index contributed by atoms with van der Waals surface area (Å²) in [6.45, 7) is 2.88. The molecule has 1 amide bonds. The quantitative estimate of drug-likeness (QED) is 0.540. The number of anilines is 1. The first-order valence-corrected chi connectivity index (χ1v) is 12.5. The monoisotopic (exact) mass is 474 g/mol. The molecule has 3 aromatic rings. The van der Waals surface area contributed by atoms with Crippen LogP contribution in [0.25, 0.3) is 11.4 Å². The summed E-state index contributed by atoms with van der Waals surface area (Å²) in [5.74, 6) is 1.24. The lowest BCUT2D eigenvalue weighted by Crippen LogP contribution is -2.38. The van der Waals surface area contributed by atoms with E-state index in [-0.39, 0.29) is 17.8 Å². The van der Waals surface area contributed by atoms with Crippen molar-refractivity contribution in [1.82, 2.24) is 15.3 Å². The van der Waals surface area contributed by atoms with Crippen LogP contribution in [0.1, 0.15) is 41.6 Å². The van der Waals surface area contributed by atoms with E-state index >= 15 is 0 Å². The molecule has 6 nitrogen and oxygen atoms in total. The molecule has 0 bridgehead atoms. The Balaban J connectivity index is 1.34. The fourth-order valence-electron chi connectivity index (χ4n) is 4.92. The second-order valence-electron chi connectivity index (χ2n) is 9.40. The normalized spacial score (nSPS) is 18.5. The molecule has 0 saturated carbocycles. The molecule has 35 heavy (non-hydrogen) atoms. The van der Waals surface area contributed by atoms with Crippen molar-refractivity contribution in [3.63, 3.8) is 0 Å². The zero-order chi connectivity index (χ0) is 24.0. The Morgan fingerprint density at radius 3 is 2.54 bits per heavy atom. The molecule has 2 fully saturated rings. The highest BCUT2D eigenvalue weighted by molar-refractivity contribution is 5.99. The van der Waals surface area contributed by atoms with Crippen molar-refractivity contribution in [1.29, 1.82) is 0 Å². The molecule has 2 aliphatic heterocycles. The van der Waals surface area contributed by atoms with Gasteiger partial charge in [-0.1, -0.05) is 30.3 Å². The number of ether oxygens (including phenoxy) is 1. The van der Waals surface area contributed by atoms with E-state index in [1.165, 1.54) is 17.7 Å². The molecule has 1 N–H and O–H groups in total. The molecule has 0 aliphatic carbocycles. The Bertz CT molecular complexity index is 1130. The number of aromatic nitrogens is 2. The van der Waals surface area contributed by atoms with Gasteiger partial charge in [-0.2, -0.15) is 0 Å². The summed E-state index contributed by atoms with van der Waals surface area (Å²) in [5.41, 5.74) is 2.55. The number of amides is 1. The smallest absolute Gasteiger partial charge is 0.256 e. The molecule has 0 unspecified atom stereocenters. The van der Waals surface area contributed by atoms with Crippen molar-refractivity contribution in [3.05, 3.63) is 77.7 Å². The summed E-state index contributed by atoms with van der Waals surface area (Å²) < 4.78 is 19.1. The standard InChI is InChI=1S/C28H31FN4O2/c29-23-10-8-22(9-11-23)26-30-19-25(28(34)31-18-24-7-4-16-35-24)27(32-26)33-14-12-21(13-15-33)17-20-5-2-1-3-6-20/h1-3,5-6,8-11,19,21,24H,4,7,12-18H2,(H,31,34)/t24-/m1/s1. The molecule has 2 aliphatic rings. The van der Waals surface area contributed by atoms with E-state index in [9.17, 15) is 9.18 Å². The molecule has 3 heterocycles. The van der Waals surface area contributed by atoms with E-state index < -0.39 is 0 Å². The highest BCUT2D eigenvalue weighted by atomic mass is 19.1. The Morgan fingerprint density at radius 1 is 1.06 bits per heavy atom. The van der Waals surface area contributed by atoms with E-state index in [1.807, 2.05) is 6.07 Å². The van der Waals surface area contributed by atoms with Crippen LogP contribution >= 0.6 is 0 Å². The Morgan fingerprint density at radius 2 is 1.83 bits per heavy atom. The lowest BCUT2D eigenvalue weighted by atomic mass is 9.90. The number of hydrogen-bond acceptors (Lipinski definition) is 5. The van der Waals surface area contributed by atoms with Gasteiger partial charge in [-0.25, -0.2) is 14.4 Å². The fraction of sp³-hybridized carbons (Fsp3) is 0.393. The van der Waals surface area contributed by atoms with E-state index in [0.29, 0.717) is 29.7 Å². The molecule has 1 aromatic heterocycles. The number of carbonyl (C=O) groups excluding carboxylic acids is 1. The predicted molar refractivity (Wildman–Crippen MR) is 134 cm³/mol. The molecule has 7 heteroatoms. The predicted octanol–water partition coefficient (Wildman–Crippen LogP) is 4.65. The zero-order valence-corrected chi connectivity index (χ0v) is 19.8. The van der Waals surface area contributed by atoms with Gasteiger partial charge in [0.1, 0.15) is 17.2 Å². The zero-order valence-electron chi connectivity index (χ0n) is 19.8. The fourth-order valence-corrected chi connectivity index (χ4v) is 4.92. The first-order valence-electron chi connectivity index (χ1n) is 12.5. The van der Waals surface area contributed by atoms with Crippen LogP contribution in [0.2, 0.25) is 0 Å². The van der Waals surface area contributed by atoms with Crippen LogP contribution < -0.4 is 10.2 Å². The topological polar surface area (TPSA) is 67.3 Å². The highest BCUT2D eigenvalue weighted by Gasteiger charge is 2.26. The van der Waals surface area contributed by atoms with Gasteiger partial charge >= 0.3 is 0 Å². The van der Waals surface area contributed by atoms with Gasteiger partial charge in [-0.05, 0) is 67.9 Å². The Kier molecular flexibility index (Phi) is 7.33. The van der Waals surface area contributed by atoms with Gasteiger partial charge in [0, 0.05) is 38.0 Å². The maximum atomic E-state index is 13.4. The number of rotatable bonds is 7. The van der Waals surface area contributed by atoms with Crippen molar-refractivity contribution in [2.24, 2.45) is 5.92 Å². The molecule has 0 spiro atoms. The van der Waals surface area contributed by atoms with Crippen LogP contribution in [0.3, 0.4) is 0 Å². The number of halogens is 1. The lowest BCUT2D eigenvalue weighted by molar-refractivity contribution is 0.0857. The third kappa shape index (κ3) is 5.85. The van der Waals surface area contributed by atoms with Crippen molar-refractivity contribution in [2.75, 3.05) is 31.1 Å². The number of hydrogen-bond donors (Lipinski definition) is 1. The molecule has 2 saturated heterocycles. The van der Waals surface area contributed by atoms with Crippen molar-refractivity contribution < 1.29 is 13.9 Å². The molecule has 2 aromatic carbocycles. The summed E-state index contributed by atoms with van der Waals surface area (Å²) >= 11 is 0. The molecular weight excluding hydrogens is 443 g/mol. The molecule has 182 valence electrons. The molecular formula is C28H31FN4O2. The molecule has 5 rings (SSSR count). The second kappa shape index (κ2) is 11.0. The molecule has 1 atom stereocenters. The van der Waals surface area contributed by atoms with Gasteiger partial charge in [-0.15, -0.1) is 0 Å². The maximum absolute atomic E-state index is 13.4. The number of nitrogens with one attached hydrogen (secondary N) is 1. The van der Waals surface area contributed by atoms with Crippen molar-refractivity contribution in [3.8, 4) is 11.4 Å². The Labute approximate surface area is 205 Å². The summed E-state index contributed by atoms with van der Waals surface area (Å²) in [7, 11) is 0. The average molecular weight is 475 g/mol. The summed E-state index contributed by atoms with van der Waals surface area (Å²) in [6.07, 6.45) is 6.77. The number of piperidine rings is 1. The van der Waals surface area contributed by atoms with E-state index in [1.54, 1.807) is 18.3 Å². The van der Waals surface area contributed by atoms with Gasteiger partial charge in [-0.3, -0.25) is 4.79 Å². The van der Waals surface area contributed by atoms with Crippen molar-refractivity contribution >= 4 is 11.7 Å². The highest BCUT2D eigenvalue weighted by Crippen LogP contribution is 2.29. The van der Waals surface area contributed by atoms with Crippen LogP contribution in [0.5, 0.6) is 0 Å². The van der Waals surface area contributed by atoms with Gasteiger partial charge in [0.05, 0.1) is 6.10 Å². The molecule has 0 radical (unpaired) electrons. The van der Waals surface area contributed by atoms with Crippen LogP contribution in [0, 0.1) is 11.7 Å². The Hall–Kier alpha value is -3.32. The van der Waals surface area contributed by atoms with E-state index in [4.69, 9.17) is 9.72 Å². The average Bonchev–Trinajstić information content (AvgIpc) is 3.42. The number of carbonyl (C=O) groups is 1. The lowest BCUT2D eigenvalue weighted by Gasteiger charge is -2.34. The van der Waals surface area contributed by atoms with Crippen LogP contribution in [-0.2, 0) is 11.2 Å². The van der Waals surface area contributed by atoms with E-state index in [0.717, 1.165) is 57.4 Å². The maximum Gasteiger partial charge on any atom is 0.256 e. The number of benzene rings is 2. The van der Waals surface area contributed by atoms with Gasteiger partial charge in [0.15, 0.2) is 5.82 Å². The van der Waals surface area contributed by atoms with Crippen LogP contribution in [0.15, 0.2) is 60.8 Å². The first kappa shape index (κ1) is 23.4. The van der Waals surface area contributed by atoms with Crippen LogP contribution in [0.4, 0.5) is 10.2 Å². The summed E-state index contributed by atoms with van der Waals surface area (Å²) in [6, 6.07) is 16.7. The minimum Gasteiger partial charge on any atom is -0.376 e. The summed E-state index contributed by atoms with van der Waals surface area (Å²) in [4.78, 5) is 24.6. The van der Waals surface area contributed by atoms with Crippen LogP contribution in [-0.4, -0.2) is 48.2 Å². The largest absolute Gasteiger partial charge is 0.376 e. The van der Waals surface area contributed by atoms with Gasteiger partial charge < -0.3 is 15.0 Å². The van der Waals surface area contributed by atoms with E-state index in [2.05, 4.69) is 39.5 Å². The van der Waals surface area contributed by atoms with Gasteiger partial charge in [0.2, 0.25) is 0 Å².